The molecule has 298 valence electrons. The average molecular weight is 771 g/mol. The fraction of sp³-hybridized carbons (Fsp3) is 0.400. The van der Waals surface area contributed by atoms with E-state index >= 15 is 0 Å². The third-order valence-electron chi connectivity index (χ3n) is 11.6. The smallest absolute Gasteiger partial charge is 0.404 e. The Hall–Kier alpha value is -5.75. The minimum Gasteiger partial charge on any atom is -0.446 e. The molecule has 4 N–H and O–H groups in total. The van der Waals surface area contributed by atoms with Gasteiger partial charge in [0.2, 0.25) is 11.8 Å². The van der Waals surface area contributed by atoms with Crippen molar-refractivity contribution < 1.29 is 19.1 Å². The number of hydrogen-bond donors (Lipinski definition) is 3. The number of carbonyl (C=O) groups excluding carboxylic acids is 3. The second-order valence-electron chi connectivity index (χ2n) is 15.4. The second kappa shape index (κ2) is 17.6. The number of nitrogens with two attached hydrogens (primary N) is 1. The zero-order chi connectivity index (χ0) is 40.1. The van der Waals surface area contributed by atoms with Gasteiger partial charge < -0.3 is 30.2 Å². The number of imidazole rings is 2. The van der Waals surface area contributed by atoms with E-state index in [4.69, 9.17) is 15.5 Å². The summed E-state index contributed by atoms with van der Waals surface area (Å²) in [6.45, 7) is 11.0. The van der Waals surface area contributed by atoms with Crippen LogP contribution in [0.4, 0.5) is 4.79 Å². The number of amides is 3. The number of H-pyrrole nitrogens is 2. The Balaban J connectivity index is 1.00. The second-order valence-corrected chi connectivity index (χ2v) is 15.4. The van der Waals surface area contributed by atoms with E-state index in [0.29, 0.717) is 6.54 Å². The molecule has 5 aromatic rings. The molecule has 57 heavy (non-hydrogen) atoms. The Bertz CT molecular complexity index is 2120. The highest BCUT2D eigenvalue weighted by atomic mass is 16.6. The fourth-order valence-electron chi connectivity index (χ4n) is 8.40. The molecule has 3 aromatic carbocycles. The number of nitrogens with zero attached hydrogens (tertiary/aromatic N) is 5. The minimum atomic E-state index is -0.868. The number of benzene rings is 3. The first-order valence-corrected chi connectivity index (χ1v) is 20.3. The number of likely N-dealkylation sites (tertiary alicyclic amines) is 2. The summed E-state index contributed by atoms with van der Waals surface area (Å²) in [4.78, 5) is 61.5. The molecule has 12 nitrogen and oxygen atoms in total. The van der Waals surface area contributed by atoms with Crippen molar-refractivity contribution in [3.8, 4) is 33.6 Å². The van der Waals surface area contributed by atoms with Gasteiger partial charge in [-0.15, -0.1) is 0 Å². The Morgan fingerprint density at radius 3 is 1.74 bits per heavy atom. The van der Waals surface area contributed by atoms with Gasteiger partial charge in [-0.05, 0) is 72.5 Å². The molecular formula is C45H54N8O4. The van der Waals surface area contributed by atoms with E-state index in [1.807, 2.05) is 54.2 Å². The van der Waals surface area contributed by atoms with E-state index in [1.165, 1.54) is 0 Å². The Morgan fingerprint density at radius 2 is 1.25 bits per heavy atom. The molecule has 2 fully saturated rings. The molecule has 0 bridgehead atoms. The highest BCUT2D eigenvalue weighted by Crippen LogP contribution is 2.37. The predicted octanol–water partition coefficient (Wildman–Crippen LogP) is 8.05. The lowest BCUT2D eigenvalue weighted by Crippen LogP contribution is -2.43. The number of likely N-dealkylation sites (N-methyl/N-ethyl adjacent to an activating group) is 1. The van der Waals surface area contributed by atoms with Gasteiger partial charge in [0.25, 0.3) is 0 Å². The maximum absolute atomic E-state index is 14.2. The zero-order valence-corrected chi connectivity index (χ0v) is 33.4. The molecule has 0 spiro atoms. The Morgan fingerprint density at radius 1 is 0.754 bits per heavy atom. The maximum atomic E-state index is 14.2. The van der Waals surface area contributed by atoms with Crippen molar-refractivity contribution in [3.05, 3.63) is 108 Å². The van der Waals surface area contributed by atoms with Crippen molar-refractivity contribution in [2.75, 3.05) is 26.2 Å². The van der Waals surface area contributed by atoms with Crippen LogP contribution in [0.1, 0.15) is 95.1 Å². The van der Waals surface area contributed by atoms with Gasteiger partial charge in [-0.3, -0.25) is 14.5 Å². The number of aromatic nitrogens is 4. The van der Waals surface area contributed by atoms with E-state index in [2.05, 4.69) is 94.4 Å². The third-order valence-corrected chi connectivity index (χ3v) is 11.6. The summed E-state index contributed by atoms with van der Waals surface area (Å²) in [5, 5.41) is 0. The van der Waals surface area contributed by atoms with Crippen molar-refractivity contribution in [2.45, 2.75) is 84.0 Å². The highest BCUT2D eigenvalue weighted by Gasteiger charge is 2.38. The van der Waals surface area contributed by atoms with E-state index in [-0.39, 0.29) is 42.3 Å². The lowest BCUT2D eigenvalue weighted by molar-refractivity contribution is -0.138. The molecule has 0 aliphatic carbocycles. The first-order chi connectivity index (χ1) is 27.6. The summed E-state index contributed by atoms with van der Waals surface area (Å²) in [7, 11) is 0. The lowest BCUT2D eigenvalue weighted by atomic mass is 10.0. The highest BCUT2D eigenvalue weighted by molar-refractivity contribution is 5.84. The summed E-state index contributed by atoms with van der Waals surface area (Å²) < 4.78 is 5.22. The van der Waals surface area contributed by atoms with E-state index in [1.54, 1.807) is 0 Å². The van der Waals surface area contributed by atoms with Gasteiger partial charge >= 0.3 is 6.09 Å². The van der Waals surface area contributed by atoms with Crippen molar-refractivity contribution >= 4 is 17.9 Å². The molecule has 0 radical (unpaired) electrons. The molecule has 2 aromatic heterocycles. The van der Waals surface area contributed by atoms with E-state index in [0.717, 1.165) is 96.2 Å². The van der Waals surface area contributed by atoms with Gasteiger partial charge in [-0.25, -0.2) is 14.8 Å². The number of primary amides is 1. The van der Waals surface area contributed by atoms with Crippen molar-refractivity contribution in [3.63, 3.8) is 0 Å². The molecular weight excluding hydrogens is 717 g/mol. The molecule has 2 saturated heterocycles. The summed E-state index contributed by atoms with van der Waals surface area (Å²) in [6, 6.07) is 26.3. The first kappa shape index (κ1) is 39.5. The quantitative estimate of drug-likeness (QED) is 0.103. The fourth-order valence-corrected chi connectivity index (χ4v) is 8.40. The van der Waals surface area contributed by atoms with Gasteiger partial charge in [0, 0.05) is 13.1 Å². The van der Waals surface area contributed by atoms with Crippen LogP contribution in [0.15, 0.2) is 91.3 Å². The number of carbonyl (C=O) groups is 3. The summed E-state index contributed by atoms with van der Waals surface area (Å²) >= 11 is 0. The van der Waals surface area contributed by atoms with Crippen LogP contribution < -0.4 is 5.73 Å². The van der Waals surface area contributed by atoms with Crippen molar-refractivity contribution in [1.82, 2.24) is 34.6 Å². The molecule has 0 saturated carbocycles. The van der Waals surface area contributed by atoms with E-state index < -0.39 is 12.2 Å². The SMILES string of the molecule is CCN(CC)C(C(=O)N1CCCC1c1ncc(-c2ccc(-c3ccc(-c4cnc([C@@H]5CCCN5C(=O)C[C@@H](OC(N)=O)C(C)C)[nH]4)cc3)cc2)[nH]1)c1ccccc1. The first-order valence-electron chi connectivity index (χ1n) is 20.3. The molecule has 7 rings (SSSR count). The van der Waals surface area contributed by atoms with Crippen molar-refractivity contribution in [1.29, 1.82) is 0 Å². The number of ether oxygens (including phenoxy) is 1. The monoisotopic (exact) mass is 770 g/mol. The molecule has 3 amide bonds. The van der Waals surface area contributed by atoms with Crippen molar-refractivity contribution in [2.24, 2.45) is 11.7 Å². The summed E-state index contributed by atoms with van der Waals surface area (Å²) in [6.07, 6.45) is 5.84. The molecule has 2 unspecified atom stereocenters. The minimum absolute atomic E-state index is 0.0345. The molecule has 12 heteroatoms. The van der Waals surface area contributed by atoms with Crippen LogP contribution in [0, 0.1) is 5.92 Å². The Labute approximate surface area is 334 Å². The lowest BCUT2D eigenvalue weighted by Gasteiger charge is -2.34. The number of hydrogen-bond acceptors (Lipinski definition) is 7. The van der Waals surface area contributed by atoms with Gasteiger partial charge in [0.05, 0.1) is 42.3 Å². The van der Waals surface area contributed by atoms with Crippen LogP contribution in [-0.4, -0.2) is 84.8 Å². The molecule has 4 atom stereocenters. The van der Waals surface area contributed by atoms with Crippen LogP contribution in [0.25, 0.3) is 33.6 Å². The standard InChI is InChI=1S/C45H54N8O4/c1-5-51(6-2)41(34-12-8-7-9-13-34)44(55)53-25-11-15-38(53)43-48-28-36(50-43)33-22-18-31(19-23-33)30-16-20-32(21-17-30)35-27-47-42(49-35)37-14-10-24-52(37)40(54)26-39(29(3)4)57-45(46)56/h7-9,12-13,16-23,27-29,37-39,41H,5-6,10-11,14-15,24-26H2,1-4H3,(H2,46,56)(H,47,49)(H,48,50)/t37-,38?,39+,41?/m0/s1. The normalized spacial score (nSPS) is 18.0. The average Bonchev–Trinajstić information content (AvgIpc) is 4.07. The van der Waals surface area contributed by atoms with E-state index in [9.17, 15) is 14.4 Å². The number of nitrogens with one attached hydrogen (secondary N) is 2. The molecule has 4 heterocycles. The predicted molar refractivity (Wildman–Crippen MR) is 220 cm³/mol. The third kappa shape index (κ3) is 8.66. The van der Waals surface area contributed by atoms with Gasteiger partial charge in [0.15, 0.2) is 0 Å². The zero-order valence-electron chi connectivity index (χ0n) is 33.4. The van der Waals surface area contributed by atoms with Crippen LogP contribution in [0.3, 0.4) is 0 Å². The van der Waals surface area contributed by atoms with Crippen LogP contribution in [0.2, 0.25) is 0 Å². The largest absolute Gasteiger partial charge is 0.446 e. The topological polar surface area (TPSA) is 154 Å². The number of rotatable bonds is 14. The van der Waals surface area contributed by atoms with Gasteiger partial charge in [-0.1, -0.05) is 107 Å². The van der Waals surface area contributed by atoms with Gasteiger partial charge in [0.1, 0.15) is 23.8 Å². The molecule has 2 aliphatic heterocycles. The number of aromatic amines is 2. The van der Waals surface area contributed by atoms with Gasteiger partial charge in [-0.2, -0.15) is 0 Å². The maximum Gasteiger partial charge on any atom is 0.404 e. The summed E-state index contributed by atoms with van der Waals surface area (Å²) in [5.74, 6) is 1.59. The van der Waals surface area contributed by atoms with Crippen LogP contribution >= 0.6 is 0 Å². The summed E-state index contributed by atoms with van der Waals surface area (Å²) in [5.41, 5.74) is 12.3. The molecule has 2 aliphatic rings. The Kier molecular flexibility index (Phi) is 12.2. The van der Waals surface area contributed by atoms with Crippen LogP contribution in [-0.2, 0) is 14.3 Å². The van der Waals surface area contributed by atoms with Crippen LogP contribution in [0.5, 0.6) is 0 Å².